The summed E-state index contributed by atoms with van der Waals surface area (Å²) in [5, 5.41) is 7.50. The maximum absolute atomic E-state index is 7.50. The number of nitrogens with one attached hydrogen (secondary N) is 1. The average Bonchev–Trinajstić information content (AvgIpc) is 2.09. The van der Waals surface area contributed by atoms with Gasteiger partial charge in [0.25, 0.3) is 0 Å². The standard InChI is InChI=1S/C13H19NO/c1-9(2)15-13-6-5-10(3)12(8-13)7-11(4)14/h5-6,8-9,14H,7H2,1-4H3. The highest BCUT2D eigenvalue weighted by Gasteiger charge is 2.03. The summed E-state index contributed by atoms with van der Waals surface area (Å²) in [7, 11) is 0. The molecule has 0 saturated carbocycles. The fourth-order valence-corrected chi connectivity index (χ4v) is 1.47. The zero-order chi connectivity index (χ0) is 11.4. The number of ether oxygens (including phenoxy) is 1. The maximum atomic E-state index is 7.50. The zero-order valence-corrected chi connectivity index (χ0v) is 9.92. The predicted molar refractivity (Wildman–Crippen MR) is 64.0 cm³/mol. The first-order valence-corrected chi connectivity index (χ1v) is 5.29. The SMILES string of the molecule is CC(=N)Cc1cc(OC(C)C)ccc1C. The van der Waals surface area contributed by atoms with E-state index in [0.717, 1.165) is 5.75 Å². The van der Waals surface area contributed by atoms with Crippen LogP contribution in [-0.4, -0.2) is 11.8 Å². The molecule has 0 amide bonds. The molecule has 1 aromatic rings. The van der Waals surface area contributed by atoms with E-state index < -0.39 is 0 Å². The molecule has 15 heavy (non-hydrogen) atoms. The second kappa shape index (κ2) is 4.96. The first-order chi connectivity index (χ1) is 6.99. The van der Waals surface area contributed by atoms with Crippen molar-refractivity contribution in [1.82, 2.24) is 0 Å². The summed E-state index contributed by atoms with van der Waals surface area (Å²) in [5.41, 5.74) is 3.08. The van der Waals surface area contributed by atoms with Gasteiger partial charge in [-0.1, -0.05) is 6.07 Å². The molecule has 1 aromatic carbocycles. The van der Waals surface area contributed by atoms with Crippen molar-refractivity contribution in [2.45, 2.75) is 40.2 Å². The Morgan fingerprint density at radius 3 is 2.60 bits per heavy atom. The Hall–Kier alpha value is -1.31. The molecule has 0 saturated heterocycles. The zero-order valence-electron chi connectivity index (χ0n) is 9.92. The van der Waals surface area contributed by atoms with Crippen LogP contribution in [0.15, 0.2) is 18.2 Å². The Balaban J connectivity index is 2.89. The van der Waals surface area contributed by atoms with E-state index in [1.807, 2.05) is 32.9 Å². The highest BCUT2D eigenvalue weighted by atomic mass is 16.5. The minimum atomic E-state index is 0.196. The van der Waals surface area contributed by atoms with Gasteiger partial charge in [-0.25, -0.2) is 0 Å². The van der Waals surface area contributed by atoms with Gasteiger partial charge in [0.05, 0.1) is 6.10 Å². The molecule has 0 spiro atoms. The van der Waals surface area contributed by atoms with Crippen molar-refractivity contribution < 1.29 is 4.74 Å². The Morgan fingerprint density at radius 2 is 2.07 bits per heavy atom. The lowest BCUT2D eigenvalue weighted by molar-refractivity contribution is 0.242. The fraction of sp³-hybridized carbons (Fsp3) is 0.462. The van der Waals surface area contributed by atoms with E-state index in [-0.39, 0.29) is 6.10 Å². The summed E-state index contributed by atoms with van der Waals surface area (Å²) >= 11 is 0. The first kappa shape index (κ1) is 11.8. The van der Waals surface area contributed by atoms with Crippen LogP contribution in [0.3, 0.4) is 0 Å². The number of benzene rings is 1. The van der Waals surface area contributed by atoms with Crippen LogP contribution in [-0.2, 0) is 6.42 Å². The molecular weight excluding hydrogens is 186 g/mol. The van der Waals surface area contributed by atoms with Crippen molar-refractivity contribution in [3.8, 4) is 5.75 Å². The van der Waals surface area contributed by atoms with Gasteiger partial charge >= 0.3 is 0 Å². The first-order valence-electron chi connectivity index (χ1n) is 5.29. The van der Waals surface area contributed by atoms with E-state index in [1.165, 1.54) is 11.1 Å². The predicted octanol–water partition coefficient (Wildman–Crippen LogP) is 3.36. The molecule has 1 rings (SSSR count). The van der Waals surface area contributed by atoms with Gasteiger partial charge in [-0.05, 0) is 51.0 Å². The van der Waals surface area contributed by atoms with Crippen LogP contribution >= 0.6 is 0 Å². The molecule has 2 nitrogen and oxygen atoms in total. The quantitative estimate of drug-likeness (QED) is 0.751. The maximum Gasteiger partial charge on any atom is 0.119 e. The summed E-state index contributed by atoms with van der Waals surface area (Å²) in [5.74, 6) is 0.895. The number of rotatable bonds is 4. The van der Waals surface area contributed by atoms with Gasteiger partial charge in [-0.3, -0.25) is 0 Å². The summed E-state index contributed by atoms with van der Waals surface area (Å²) in [4.78, 5) is 0. The molecule has 0 aliphatic rings. The van der Waals surface area contributed by atoms with Crippen molar-refractivity contribution in [3.05, 3.63) is 29.3 Å². The topological polar surface area (TPSA) is 33.1 Å². The molecule has 0 fully saturated rings. The second-order valence-corrected chi connectivity index (χ2v) is 4.21. The Bertz CT molecular complexity index is 356. The van der Waals surface area contributed by atoms with E-state index in [4.69, 9.17) is 10.1 Å². The van der Waals surface area contributed by atoms with Crippen molar-refractivity contribution in [2.75, 3.05) is 0 Å². The molecule has 0 aliphatic heterocycles. The van der Waals surface area contributed by atoms with Crippen molar-refractivity contribution in [2.24, 2.45) is 0 Å². The van der Waals surface area contributed by atoms with E-state index in [2.05, 4.69) is 13.0 Å². The Labute approximate surface area is 91.8 Å². The van der Waals surface area contributed by atoms with Gasteiger partial charge in [0.2, 0.25) is 0 Å². The van der Waals surface area contributed by atoms with Gasteiger partial charge in [0.15, 0.2) is 0 Å². The van der Waals surface area contributed by atoms with Crippen LogP contribution in [0.4, 0.5) is 0 Å². The number of hydrogen-bond acceptors (Lipinski definition) is 2. The third-order valence-electron chi connectivity index (χ3n) is 2.15. The van der Waals surface area contributed by atoms with Gasteiger partial charge in [0.1, 0.15) is 5.75 Å². The van der Waals surface area contributed by atoms with Crippen molar-refractivity contribution in [1.29, 1.82) is 5.41 Å². The number of hydrogen-bond donors (Lipinski definition) is 1. The van der Waals surface area contributed by atoms with Gasteiger partial charge in [0, 0.05) is 12.1 Å². The third kappa shape index (κ3) is 3.74. The van der Waals surface area contributed by atoms with Crippen LogP contribution in [0.25, 0.3) is 0 Å². The van der Waals surface area contributed by atoms with Crippen LogP contribution < -0.4 is 4.74 Å². The molecule has 82 valence electrons. The average molecular weight is 205 g/mol. The minimum Gasteiger partial charge on any atom is -0.491 e. The van der Waals surface area contributed by atoms with E-state index >= 15 is 0 Å². The molecule has 2 heteroatoms. The Morgan fingerprint density at radius 1 is 1.40 bits per heavy atom. The van der Waals surface area contributed by atoms with Crippen molar-refractivity contribution in [3.63, 3.8) is 0 Å². The second-order valence-electron chi connectivity index (χ2n) is 4.21. The summed E-state index contributed by atoms with van der Waals surface area (Å²) in [6.45, 7) is 7.93. The molecule has 0 aromatic heterocycles. The molecule has 0 unspecified atom stereocenters. The largest absolute Gasteiger partial charge is 0.491 e. The molecule has 0 aliphatic carbocycles. The molecule has 0 heterocycles. The fourth-order valence-electron chi connectivity index (χ4n) is 1.47. The lowest BCUT2D eigenvalue weighted by atomic mass is 10.0. The van der Waals surface area contributed by atoms with Gasteiger partial charge < -0.3 is 10.1 Å². The van der Waals surface area contributed by atoms with Gasteiger partial charge in [-0.15, -0.1) is 0 Å². The normalized spacial score (nSPS) is 10.5. The van der Waals surface area contributed by atoms with Crippen LogP contribution in [0.2, 0.25) is 0 Å². The van der Waals surface area contributed by atoms with Crippen LogP contribution in [0, 0.1) is 12.3 Å². The minimum absolute atomic E-state index is 0.196. The van der Waals surface area contributed by atoms with Crippen LogP contribution in [0.5, 0.6) is 5.75 Å². The van der Waals surface area contributed by atoms with Crippen LogP contribution in [0.1, 0.15) is 31.9 Å². The molecule has 0 atom stereocenters. The summed E-state index contributed by atoms with van der Waals surface area (Å²) in [6, 6.07) is 6.07. The third-order valence-corrected chi connectivity index (χ3v) is 2.15. The van der Waals surface area contributed by atoms with E-state index in [0.29, 0.717) is 12.1 Å². The summed E-state index contributed by atoms with van der Waals surface area (Å²) in [6.07, 6.45) is 0.905. The van der Waals surface area contributed by atoms with E-state index in [9.17, 15) is 0 Å². The molecular formula is C13H19NO. The lowest BCUT2D eigenvalue weighted by Gasteiger charge is -2.12. The molecule has 0 radical (unpaired) electrons. The molecule has 1 N–H and O–H groups in total. The molecule has 0 bridgehead atoms. The summed E-state index contributed by atoms with van der Waals surface area (Å²) < 4.78 is 5.62. The van der Waals surface area contributed by atoms with Gasteiger partial charge in [-0.2, -0.15) is 0 Å². The monoisotopic (exact) mass is 205 g/mol. The lowest BCUT2D eigenvalue weighted by Crippen LogP contribution is -2.06. The smallest absolute Gasteiger partial charge is 0.119 e. The Kier molecular flexibility index (Phi) is 3.89. The van der Waals surface area contributed by atoms with E-state index in [1.54, 1.807) is 0 Å². The van der Waals surface area contributed by atoms with Crippen molar-refractivity contribution >= 4 is 5.71 Å². The highest BCUT2D eigenvalue weighted by molar-refractivity contribution is 5.81. The number of aryl methyl sites for hydroxylation is 1. The highest BCUT2D eigenvalue weighted by Crippen LogP contribution is 2.19.